The summed E-state index contributed by atoms with van der Waals surface area (Å²) in [4.78, 5) is 11.9. The van der Waals surface area contributed by atoms with Gasteiger partial charge in [-0.15, -0.1) is 0 Å². The number of aliphatic hydroxyl groups is 1. The Bertz CT molecular complexity index is 413. The Morgan fingerprint density at radius 1 is 1.47 bits per heavy atom. The highest BCUT2D eigenvalue weighted by Gasteiger charge is 2.22. The van der Waals surface area contributed by atoms with Gasteiger partial charge in [0.2, 0.25) is 5.91 Å². The van der Waals surface area contributed by atoms with Crippen molar-refractivity contribution in [3.05, 3.63) is 29.8 Å². The summed E-state index contributed by atoms with van der Waals surface area (Å²) < 4.78 is 5.27. The van der Waals surface area contributed by atoms with E-state index in [1.165, 1.54) is 0 Å². The standard InChI is InChI=1S/C14H20N2O3/c15-12-5-3-10(4-6-12)13(17)8-16-14(18)11-2-1-7-19-9-11/h3-6,11,13,17H,1-2,7-9,15H2,(H,16,18). The summed E-state index contributed by atoms with van der Waals surface area (Å²) in [7, 11) is 0. The van der Waals surface area contributed by atoms with E-state index in [1.54, 1.807) is 24.3 Å². The van der Waals surface area contributed by atoms with Gasteiger partial charge in [-0.2, -0.15) is 0 Å². The van der Waals surface area contributed by atoms with Crippen LogP contribution in [0.1, 0.15) is 24.5 Å². The van der Waals surface area contributed by atoms with E-state index in [0.717, 1.165) is 25.0 Å². The molecule has 1 aliphatic rings. The lowest BCUT2D eigenvalue weighted by atomic mass is 10.0. The fraction of sp³-hybridized carbons (Fsp3) is 0.500. The van der Waals surface area contributed by atoms with E-state index in [-0.39, 0.29) is 18.4 Å². The van der Waals surface area contributed by atoms with Crippen LogP contribution in [-0.2, 0) is 9.53 Å². The molecule has 1 amide bonds. The summed E-state index contributed by atoms with van der Waals surface area (Å²) >= 11 is 0. The molecule has 1 saturated heterocycles. The molecule has 2 atom stereocenters. The van der Waals surface area contributed by atoms with Crippen molar-refractivity contribution in [1.29, 1.82) is 0 Å². The van der Waals surface area contributed by atoms with Crippen molar-refractivity contribution in [2.75, 3.05) is 25.5 Å². The molecule has 2 unspecified atom stereocenters. The molecule has 1 aliphatic heterocycles. The van der Waals surface area contributed by atoms with Crippen LogP contribution in [0.25, 0.3) is 0 Å². The van der Waals surface area contributed by atoms with Gasteiger partial charge in [-0.05, 0) is 30.5 Å². The summed E-state index contributed by atoms with van der Waals surface area (Å²) in [5.41, 5.74) is 6.98. The van der Waals surface area contributed by atoms with Crippen LogP contribution in [0.2, 0.25) is 0 Å². The lowest BCUT2D eigenvalue weighted by Crippen LogP contribution is -2.37. The van der Waals surface area contributed by atoms with Gasteiger partial charge in [0.05, 0.1) is 18.6 Å². The maximum Gasteiger partial charge on any atom is 0.225 e. The molecule has 0 aromatic heterocycles. The number of hydrogen-bond donors (Lipinski definition) is 3. The van der Waals surface area contributed by atoms with Gasteiger partial charge in [0.1, 0.15) is 0 Å². The molecule has 0 saturated carbocycles. The van der Waals surface area contributed by atoms with Crippen LogP contribution in [-0.4, -0.2) is 30.8 Å². The predicted octanol–water partition coefficient (Wildman–Crippen LogP) is 0.845. The SMILES string of the molecule is Nc1ccc(C(O)CNC(=O)C2CCCOC2)cc1. The number of aliphatic hydroxyl groups excluding tert-OH is 1. The van der Waals surface area contributed by atoms with Gasteiger partial charge < -0.3 is 20.9 Å². The molecule has 1 fully saturated rings. The van der Waals surface area contributed by atoms with E-state index >= 15 is 0 Å². The van der Waals surface area contributed by atoms with Crippen molar-refractivity contribution in [3.8, 4) is 0 Å². The van der Waals surface area contributed by atoms with E-state index in [2.05, 4.69) is 5.32 Å². The Morgan fingerprint density at radius 3 is 2.84 bits per heavy atom. The normalized spacial score (nSPS) is 20.8. The van der Waals surface area contributed by atoms with Crippen molar-refractivity contribution in [1.82, 2.24) is 5.32 Å². The number of nitrogens with one attached hydrogen (secondary N) is 1. The zero-order valence-electron chi connectivity index (χ0n) is 10.8. The molecule has 1 aromatic carbocycles. The highest BCUT2D eigenvalue weighted by Crippen LogP contribution is 2.16. The van der Waals surface area contributed by atoms with Crippen LogP contribution in [0.4, 0.5) is 5.69 Å². The largest absolute Gasteiger partial charge is 0.399 e. The second-order valence-electron chi connectivity index (χ2n) is 4.84. The maximum absolute atomic E-state index is 11.9. The van der Waals surface area contributed by atoms with Crippen LogP contribution in [0.3, 0.4) is 0 Å². The summed E-state index contributed by atoms with van der Waals surface area (Å²) in [6.07, 6.45) is 1.05. The minimum Gasteiger partial charge on any atom is -0.399 e. The Kier molecular flexibility index (Phi) is 4.76. The Balaban J connectivity index is 1.80. The number of rotatable bonds is 4. The van der Waals surface area contributed by atoms with Gasteiger partial charge in [-0.25, -0.2) is 0 Å². The van der Waals surface area contributed by atoms with E-state index in [0.29, 0.717) is 12.3 Å². The zero-order chi connectivity index (χ0) is 13.7. The third-order valence-corrected chi connectivity index (χ3v) is 3.32. The maximum atomic E-state index is 11.9. The zero-order valence-corrected chi connectivity index (χ0v) is 10.8. The first-order valence-corrected chi connectivity index (χ1v) is 6.56. The quantitative estimate of drug-likeness (QED) is 0.704. The lowest BCUT2D eigenvalue weighted by Gasteiger charge is -2.22. The molecule has 0 aliphatic carbocycles. The fourth-order valence-corrected chi connectivity index (χ4v) is 2.13. The van der Waals surface area contributed by atoms with Crippen LogP contribution in [0.5, 0.6) is 0 Å². The lowest BCUT2D eigenvalue weighted by molar-refractivity contribution is -0.129. The molecular formula is C14H20N2O3. The van der Waals surface area contributed by atoms with Crippen molar-refractivity contribution >= 4 is 11.6 Å². The van der Waals surface area contributed by atoms with E-state index < -0.39 is 6.10 Å². The number of nitrogens with two attached hydrogens (primary N) is 1. The first-order valence-electron chi connectivity index (χ1n) is 6.56. The minimum absolute atomic E-state index is 0.0470. The topological polar surface area (TPSA) is 84.6 Å². The minimum atomic E-state index is -0.714. The second kappa shape index (κ2) is 6.54. The van der Waals surface area contributed by atoms with Gasteiger partial charge in [0.15, 0.2) is 0 Å². The van der Waals surface area contributed by atoms with Gasteiger partial charge >= 0.3 is 0 Å². The van der Waals surface area contributed by atoms with Gasteiger partial charge in [0.25, 0.3) is 0 Å². The van der Waals surface area contributed by atoms with Crippen molar-refractivity contribution < 1.29 is 14.6 Å². The summed E-state index contributed by atoms with van der Waals surface area (Å²) in [5.74, 6) is -0.137. The number of ether oxygens (including phenoxy) is 1. The van der Waals surface area contributed by atoms with Crippen molar-refractivity contribution in [3.63, 3.8) is 0 Å². The monoisotopic (exact) mass is 264 g/mol. The number of carbonyl (C=O) groups excluding carboxylic acids is 1. The van der Waals surface area contributed by atoms with E-state index in [4.69, 9.17) is 10.5 Å². The molecule has 0 bridgehead atoms. The number of amides is 1. The molecule has 4 N–H and O–H groups in total. The van der Waals surface area contributed by atoms with E-state index in [1.807, 2.05) is 0 Å². The molecule has 1 heterocycles. The van der Waals surface area contributed by atoms with Gasteiger partial charge in [0, 0.05) is 18.8 Å². The molecule has 5 nitrogen and oxygen atoms in total. The van der Waals surface area contributed by atoms with E-state index in [9.17, 15) is 9.90 Å². The molecule has 0 radical (unpaired) electrons. The smallest absolute Gasteiger partial charge is 0.225 e. The molecule has 0 spiro atoms. The highest BCUT2D eigenvalue weighted by atomic mass is 16.5. The summed E-state index contributed by atoms with van der Waals surface area (Å²) in [5, 5.41) is 12.7. The molecule has 1 aromatic rings. The summed E-state index contributed by atoms with van der Waals surface area (Å²) in [6.45, 7) is 1.42. The third kappa shape index (κ3) is 3.94. The fourth-order valence-electron chi connectivity index (χ4n) is 2.13. The second-order valence-corrected chi connectivity index (χ2v) is 4.84. The molecule has 104 valence electrons. The number of carbonyl (C=O) groups is 1. The average Bonchev–Trinajstić information content (AvgIpc) is 2.46. The molecule has 2 rings (SSSR count). The number of benzene rings is 1. The Labute approximate surface area is 112 Å². The Hall–Kier alpha value is -1.59. The number of hydrogen-bond acceptors (Lipinski definition) is 4. The molecule has 19 heavy (non-hydrogen) atoms. The summed E-state index contributed by atoms with van der Waals surface area (Å²) in [6, 6.07) is 6.98. The number of nitrogen functional groups attached to an aromatic ring is 1. The van der Waals surface area contributed by atoms with Crippen molar-refractivity contribution in [2.45, 2.75) is 18.9 Å². The highest BCUT2D eigenvalue weighted by molar-refractivity contribution is 5.78. The number of anilines is 1. The molecule has 5 heteroatoms. The van der Waals surface area contributed by atoms with Crippen molar-refractivity contribution in [2.24, 2.45) is 5.92 Å². The van der Waals surface area contributed by atoms with Crippen LogP contribution in [0, 0.1) is 5.92 Å². The van der Waals surface area contributed by atoms with Crippen LogP contribution in [0.15, 0.2) is 24.3 Å². The Morgan fingerprint density at radius 2 is 2.21 bits per heavy atom. The predicted molar refractivity (Wildman–Crippen MR) is 72.4 cm³/mol. The average molecular weight is 264 g/mol. The first kappa shape index (κ1) is 13.8. The first-order chi connectivity index (χ1) is 9.16. The molecular weight excluding hydrogens is 244 g/mol. The van der Waals surface area contributed by atoms with Gasteiger partial charge in [-0.3, -0.25) is 4.79 Å². The third-order valence-electron chi connectivity index (χ3n) is 3.32. The van der Waals surface area contributed by atoms with Crippen LogP contribution < -0.4 is 11.1 Å². The van der Waals surface area contributed by atoms with Gasteiger partial charge in [-0.1, -0.05) is 12.1 Å². The van der Waals surface area contributed by atoms with Crippen LogP contribution >= 0.6 is 0 Å².